The number of unbranched alkanes of at least 4 members (excludes halogenated alkanes) is 16. The van der Waals surface area contributed by atoms with Gasteiger partial charge in [0.05, 0.1) is 5.92 Å². The van der Waals surface area contributed by atoms with Gasteiger partial charge in [0, 0.05) is 19.5 Å². The van der Waals surface area contributed by atoms with Crippen LogP contribution in [0.5, 0.6) is 0 Å². The van der Waals surface area contributed by atoms with E-state index in [0.717, 1.165) is 19.4 Å². The van der Waals surface area contributed by atoms with Crippen LogP contribution in [0, 0.1) is 5.92 Å². The van der Waals surface area contributed by atoms with Crippen molar-refractivity contribution in [2.45, 2.75) is 129 Å². The summed E-state index contributed by atoms with van der Waals surface area (Å²) in [7, 11) is 0. The van der Waals surface area contributed by atoms with Gasteiger partial charge in [0.25, 0.3) is 0 Å². The van der Waals surface area contributed by atoms with Crippen molar-refractivity contribution in [3.63, 3.8) is 0 Å². The first-order chi connectivity index (χ1) is 15.1. The van der Waals surface area contributed by atoms with Gasteiger partial charge < -0.3 is 10.0 Å². The van der Waals surface area contributed by atoms with Gasteiger partial charge in [0.15, 0.2) is 0 Å². The summed E-state index contributed by atoms with van der Waals surface area (Å²) in [5.41, 5.74) is 0. The molecule has 0 aromatic rings. The molecule has 1 N–H and O–H groups in total. The van der Waals surface area contributed by atoms with Gasteiger partial charge in [0.1, 0.15) is 0 Å². The van der Waals surface area contributed by atoms with Crippen LogP contribution in [-0.2, 0) is 9.59 Å². The molecule has 0 saturated carbocycles. The van der Waals surface area contributed by atoms with Crippen LogP contribution >= 0.6 is 0 Å². The predicted octanol–water partition coefficient (Wildman–Crippen LogP) is 7.52. The molecule has 4 nitrogen and oxygen atoms in total. The van der Waals surface area contributed by atoms with Crippen molar-refractivity contribution in [2.75, 3.05) is 13.1 Å². The minimum absolute atomic E-state index is 0.0145. The smallest absolute Gasteiger partial charge is 0.308 e. The van der Waals surface area contributed by atoms with E-state index in [0.29, 0.717) is 6.54 Å². The highest BCUT2D eigenvalue weighted by atomic mass is 16.4. The predicted molar refractivity (Wildman–Crippen MR) is 130 cm³/mol. The second kappa shape index (κ2) is 19.4. The van der Waals surface area contributed by atoms with Gasteiger partial charge in [-0.05, 0) is 32.1 Å². The first kappa shape index (κ1) is 27.7. The number of hydrogen-bond donors (Lipinski definition) is 1. The van der Waals surface area contributed by atoms with Crippen LogP contribution in [-0.4, -0.2) is 35.0 Å². The third-order valence-electron chi connectivity index (χ3n) is 6.50. The molecule has 180 valence electrons. The van der Waals surface area contributed by atoms with Crippen molar-refractivity contribution in [2.24, 2.45) is 5.92 Å². The third kappa shape index (κ3) is 15.2. The number of hydrogen-bond acceptors (Lipinski definition) is 2. The Morgan fingerprint density at radius 1 is 0.806 bits per heavy atom. The lowest BCUT2D eigenvalue weighted by Gasteiger charge is -2.15. The number of amides is 1. The molecule has 1 amide bonds. The van der Waals surface area contributed by atoms with E-state index in [-0.39, 0.29) is 12.3 Å². The minimum atomic E-state index is -0.837. The number of carboxylic acids is 1. The van der Waals surface area contributed by atoms with E-state index in [2.05, 4.69) is 19.1 Å². The summed E-state index contributed by atoms with van der Waals surface area (Å²) >= 11 is 0. The summed E-state index contributed by atoms with van der Waals surface area (Å²) in [5, 5.41) is 9.01. The molecule has 0 radical (unpaired) electrons. The maximum Gasteiger partial charge on any atom is 0.308 e. The molecule has 1 unspecified atom stereocenters. The minimum Gasteiger partial charge on any atom is -0.481 e. The molecule has 0 aliphatic carbocycles. The number of allylic oxidation sites excluding steroid dienone is 2. The summed E-state index contributed by atoms with van der Waals surface area (Å²) in [5.74, 6) is -1.31. The molecule has 0 bridgehead atoms. The second-order valence-electron chi connectivity index (χ2n) is 9.43. The Kier molecular flexibility index (Phi) is 17.3. The number of aliphatic carboxylic acids is 1. The van der Waals surface area contributed by atoms with Gasteiger partial charge in [-0.25, -0.2) is 0 Å². The van der Waals surface area contributed by atoms with Gasteiger partial charge >= 0.3 is 5.97 Å². The summed E-state index contributed by atoms with van der Waals surface area (Å²) in [4.78, 5) is 24.5. The van der Waals surface area contributed by atoms with E-state index in [1.54, 1.807) is 4.90 Å². The zero-order valence-electron chi connectivity index (χ0n) is 20.3. The molecular weight excluding hydrogens is 386 g/mol. The SMILES string of the molecule is CCCCCCCCC=CCCCCCCCCCCCCN1CC(C(=O)O)CC1=O. The Morgan fingerprint density at radius 2 is 1.26 bits per heavy atom. The van der Waals surface area contributed by atoms with E-state index < -0.39 is 11.9 Å². The molecule has 1 atom stereocenters. The summed E-state index contributed by atoms with van der Waals surface area (Å²) in [6.07, 6.45) is 28.6. The molecule has 0 aromatic carbocycles. The van der Waals surface area contributed by atoms with Crippen molar-refractivity contribution in [3.05, 3.63) is 12.2 Å². The van der Waals surface area contributed by atoms with Crippen LogP contribution in [0.2, 0.25) is 0 Å². The lowest BCUT2D eigenvalue weighted by Crippen LogP contribution is -2.27. The van der Waals surface area contributed by atoms with Gasteiger partial charge in [-0.2, -0.15) is 0 Å². The highest BCUT2D eigenvalue weighted by molar-refractivity contribution is 5.86. The lowest BCUT2D eigenvalue weighted by atomic mass is 10.1. The molecule has 0 spiro atoms. The number of carbonyl (C=O) groups is 2. The second-order valence-corrected chi connectivity index (χ2v) is 9.43. The fourth-order valence-corrected chi connectivity index (χ4v) is 4.41. The molecule has 1 heterocycles. The van der Waals surface area contributed by atoms with Crippen LogP contribution in [0.3, 0.4) is 0 Å². The highest BCUT2D eigenvalue weighted by Gasteiger charge is 2.33. The molecule has 1 rings (SSSR count). The fourth-order valence-electron chi connectivity index (χ4n) is 4.41. The quantitative estimate of drug-likeness (QED) is 0.150. The average Bonchev–Trinajstić information content (AvgIpc) is 3.13. The molecule has 31 heavy (non-hydrogen) atoms. The van der Waals surface area contributed by atoms with Crippen molar-refractivity contribution in [3.8, 4) is 0 Å². The van der Waals surface area contributed by atoms with Crippen molar-refractivity contribution in [1.82, 2.24) is 4.90 Å². The van der Waals surface area contributed by atoms with Crippen LogP contribution in [0.15, 0.2) is 12.2 Å². The number of rotatable bonds is 21. The highest BCUT2D eigenvalue weighted by Crippen LogP contribution is 2.19. The van der Waals surface area contributed by atoms with E-state index in [1.807, 2.05) is 0 Å². The van der Waals surface area contributed by atoms with Crippen molar-refractivity contribution in [1.29, 1.82) is 0 Å². The number of likely N-dealkylation sites (tertiary alicyclic amines) is 1. The molecular formula is C27H49NO3. The summed E-state index contributed by atoms with van der Waals surface area (Å²) < 4.78 is 0. The first-order valence-electron chi connectivity index (χ1n) is 13.3. The van der Waals surface area contributed by atoms with E-state index in [9.17, 15) is 9.59 Å². The Labute approximate surface area is 191 Å². The maximum absolute atomic E-state index is 11.8. The van der Waals surface area contributed by atoms with Gasteiger partial charge in [0.2, 0.25) is 5.91 Å². The molecule has 1 saturated heterocycles. The molecule has 1 aliphatic heterocycles. The van der Waals surface area contributed by atoms with E-state index in [1.165, 1.54) is 103 Å². The first-order valence-corrected chi connectivity index (χ1v) is 13.3. The lowest BCUT2D eigenvalue weighted by molar-refractivity contribution is -0.141. The Bertz CT molecular complexity index is 489. The van der Waals surface area contributed by atoms with Gasteiger partial charge in [-0.3, -0.25) is 9.59 Å². The van der Waals surface area contributed by atoms with Crippen LogP contribution < -0.4 is 0 Å². The van der Waals surface area contributed by atoms with E-state index in [4.69, 9.17) is 5.11 Å². The van der Waals surface area contributed by atoms with Crippen LogP contribution in [0.25, 0.3) is 0 Å². The molecule has 0 aromatic heterocycles. The number of carbonyl (C=O) groups excluding carboxylic acids is 1. The normalized spacial score (nSPS) is 16.6. The Hall–Kier alpha value is -1.32. The third-order valence-corrected chi connectivity index (χ3v) is 6.50. The maximum atomic E-state index is 11.8. The van der Waals surface area contributed by atoms with Crippen molar-refractivity contribution >= 4 is 11.9 Å². The summed E-state index contributed by atoms with van der Waals surface area (Å²) in [6.45, 7) is 3.41. The monoisotopic (exact) mass is 435 g/mol. The number of carboxylic acid groups (broad SMARTS) is 1. The topological polar surface area (TPSA) is 57.6 Å². The zero-order chi connectivity index (χ0) is 22.6. The zero-order valence-corrected chi connectivity index (χ0v) is 20.3. The van der Waals surface area contributed by atoms with Crippen LogP contribution in [0.1, 0.15) is 129 Å². The van der Waals surface area contributed by atoms with Gasteiger partial charge in [-0.15, -0.1) is 0 Å². The fraction of sp³-hybridized carbons (Fsp3) is 0.852. The molecule has 1 aliphatic rings. The largest absolute Gasteiger partial charge is 0.481 e. The number of nitrogens with zero attached hydrogens (tertiary/aromatic N) is 1. The van der Waals surface area contributed by atoms with E-state index >= 15 is 0 Å². The standard InChI is InChI=1S/C27H49NO3/c1-2-3-4-5-6-7-8-9-10-11-12-13-14-15-16-17-18-19-20-21-22-28-24-25(27(30)31)23-26(28)29/h9-10,25H,2-8,11-24H2,1H3,(H,30,31). The Balaban J connectivity index is 1.77. The average molecular weight is 436 g/mol. The molecule has 4 heteroatoms. The molecule has 1 fully saturated rings. The van der Waals surface area contributed by atoms with Crippen LogP contribution in [0.4, 0.5) is 0 Å². The Morgan fingerprint density at radius 3 is 1.71 bits per heavy atom. The van der Waals surface area contributed by atoms with Gasteiger partial charge in [-0.1, -0.05) is 103 Å². The summed E-state index contributed by atoms with van der Waals surface area (Å²) in [6, 6.07) is 0. The van der Waals surface area contributed by atoms with Crippen molar-refractivity contribution < 1.29 is 14.7 Å².